The van der Waals surface area contributed by atoms with Crippen LogP contribution in [0.3, 0.4) is 0 Å². The molecule has 0 aromatic carbocycles. The highest BCUT2D eigenvalue weighted by Gasteiger charge is 2.54. The molecule has 1 spiro atoms. The Labute approximate surface area is 126 Å². The first-order valence-corrected chi connectivity index (χ1v) is 8.11. The van der Waals surface area contributed by atoms with Gasteiger partial charge in [0.15, 0.2) is 0 Å². The van der Waals surface area contributed by atoms with E-state index < -0.39 is 11.4 Å². The van der Waals surface area contributed by atoms with Gasteiger partial charge in [0.2, 0.25) is 11.8 Å². The highest BCUT2D eigenvalue weighted by Crippen LogP contribution is 2.41. The SMILES string of the molecule is CCC(C)CC(C)N1C(=O)NC(=O)C2(CCCCC2)C1=O. The number of imide groups is 2. The summed E-state index contributed by atoms with van der Waals surface area (Å²) in [5.74, 6) is -0.212. The van der Waals surface area contributed by atoms with Gasteiger partial charge in [0.05, 0.1) is 0 Å². The Hall–Kier alpha value is -1.39. The molecular weight excluding hydrogens is 268 g/mol. The average molecular weight is 294 g/mol. The van der Waals surface area contributed by atoms with Crippen LogP contribution < -0.4 is 5.32 Å². The Morgan fingerprint density at radius 3 is 2.33 bits per heavy atom. The second-order valence-corrected chi connectivity index (χ2v) is 6.68. The molecule has 2 fully saturated rings. The van der Waals surface area contributed by atoms with Crippen LogP contribution >= 0.6 is 0 Å². The van der Waals surface area contributed by atoms with Gasteiger partial charge in [0.25, 0.3) is 0 Å². The molecular formula is C16H26N2O3. The van der Waals surface area contributed by atoms with Crippen LogP contribution in [0.25, 0.3) is 0 Å². The zero-order valence-electron chi connectivity index (χ0n) is 13.3. The van der Waals surface area contributed by atoms with Crippen LogP contribution in [0.1, 0.15) is 65.7 Å². The van der Waals surface area contributed by atoms with Crippen molar-refractivity contribution in [3.63, 3.8) is 0 Å². The molecule has 1 saturated heterocycles. The predicted molar refractivity (Wildman–Crippen MR) is 79.4 cm³/mol. The van der Waals surface area contributed by atoms with Gasteiger partial charge in [0, 0.05) is 6.04 Å². The molecule has 2 unspecified atom stereocenters. The van der Waals surface area contributed by atoms with Crippen LogP contribution in [0, 0.1) is 11.3 Å². The lowest BCUT2D eigenvalue weighted by Crippen LogP contribution is -2.66. The van der Waals surface area contributed by atoms with Crippen LogP contribution in [0.2, 0.25) is 0 Å². The first kappa shape index (κ1) is 16.0. The fraction of sp³-hybridized carbons (Fsp3) is 0.812. The fourth-order valence-corrected chi connectivity index (χ4v) is 3.55. The van der Waals surface area contributed by atoms with Crippen molar-refractivity contribution in [2.45, 2.75) is 71.8 Å². The van der Waals surface area contributed by atoms with Crippen LogP contribution in [0.15, 0.2) is 0 Å². The lowest BCUT2D eigenvalue weighted by Gasteiger charge is -2.43. The minimum absolute atomic E-state index is 0.167. The van der Waals surface area contributed by atoms with E-state index in [1.165, 1.54) is 4.90 Å². The Morgan fingerprint density at radius 1 is 1.14 bits per heavy atom. The quantitative estimate of drug-likeness (QED) is 0.811. The van der Waals surface area contributed by atoms with E-state index in [9.17, 15) is 14.4 Å². The van der Waals surface area contributed by atoms with E-state index in [0.29, 0.717) is 18.8 Å². The maximum absolute atomic E-state index is 12.9. The van der Waals surface area contributed by atoms with E-state index in [2.05, 4.69) is 19.2 Å². The summed E-state index contributed by atoms with van der Waals surface area (Å²) in [5, 5.41) is 2.42. The van der Waals surface area contributed by atoms with Crippen molar-refractivity contribution >= 4 is 17.8 Å². The van der Waals surface area contributed by atoms with E-state index in [4.69, 9.17) is 0 Å². The molecule has 1 aliphatic heterocycles. The number of carbonyl (C=O) groups is 3. The standard InChI is InChI=1S/C16H26N2O3/c1-4-11(2)10-12(3)18-14(20)16(8-6-5-7-9-16)13(19)17-15(18)21/h11-12H,4-10H2,1-3H3,(H,17,19,21). The first-order chi connectivity index (χ1) is 9.92. The minimum Gasteiger partial charge on any atom is -0.277 e. The van der Waals surface area contributed by atoms with Crippen molar-refractivity contribution in [3.8, 4) is 0 Å². The van der Waals surface area contributed by atoms with Gasteiger partial charge in [0.1, 0.15) is 5.41 Å². The van der Waals surface area contributed by atoms with Crippen molar-refractivity contribution in [3.05, 3.63) is 0 Å². The Kier molecular flexibility index (Phi) is 4.69. The molecule has 1 N–H and O–H groups in total. The molecule has 1 heterocycles. The Balaban J connectivity index is 2.22. The van der Waals surface area contributed by atoms with Gasteiger partial charge in [-0.25, -0.2) is 4.79 Å². The molecule has 1 saturated carbocycles. The lowest BCUT2D eigenvalue weighted by atomic mass is 9.71. The lowest BCUT2D eigenvalue weighted by molar-refractivity contribution is -0.155. The smallest absolute Gasteiger partial charge is 0.277 e. The molecule has 0 radical (unpaired) electrons. The number of carbonyl (C=O) groups excluding carboxylic acids is 3. The average Bonchev–Trinajstić information content (AvgIpc) is 2.46. The summed E-state index contributed by atoms with van der Waals surface area (Å²) < 4.78 is 0. The van der Waals surface area contributed by atoms with Gasteiger partial charge >= 0.3 is 6.03 Å². The number of amides is 4. The molecule has 2 aliphatic rings. The number of urea groups is 1. The number of barbiturate groups is 1. The molecule has 2 atom stereocenters. The second-order valence-electron chi connectivity index (χ2n) is 6.68. The summed E-state index contributed by atoms with van der Waals surface area (Å²) in [5.41, 5.74) is -0.990. The van der Waals surface area contributed by atoms with E-state index in [-0.39, 0.29) is 17.9 Å². The van der Waals surface area contributed by atoms with E-state index in [1.807, 2.05) is 6.92 Å². The summed E-state index contributed by atoms with van der Waals surface area (Å²) >= 11 is 0. The van der Waals surface area contributed by atoms with Gasteiger partial charge in [-0.05, 0) is 32.1 Å². The summed E-state index contributed by atoms with van der Waals surface area (Å²) in [6.07, 6.45) is 5.73. The van der Waals surface area contributed by atoms with Gasteiger partial charge < -0.3 is 0 Å². The molecule has 118 valence electrons. The van der Waals surface area contributed by atoms with Crippen LogP contribution in [-0.2, 0) is 9.59 Å². The third-order valence-corrected chi connectivity index (χ3v) is 5.09. The molecule has 0 aromatic rings. The molecule has 2 rings (SSSR count). The molecule has 0 aromatic heterocycles. The number of rotatable bonds is 4. The van der Waals surface area contributed by atoms with Crippen molar-refractivity contribution in [1.82, 2.24) is 10.2 Å². The largest absolute Gasteiger partial charge is 0.331 e. The van der Waals surface area contributed by atoms with Gasteiger partial charge in [-0.3, -0.25) is 19.8 Å². The maximum Gasteiger partial charge on any atom is 0.331 e. The monoisotopic (exact) mass is 294 g/mol. The molecule has 4 amide bonds. The van der Waals surface area contributed by atoms with Crippen LogP contribution in [0.4, 0.5) is 4.79 Å². The van der Waals surface area contributed by atoms with Crippen LogP contribution in [-0.4, -0.2) is 28.8 Å². The van der Waals surface area contributed by atoms with Crippen molar-refractivity contribution < 1.29 is 14.4 Å². The molecule has 21 heavy (non-hydrogen) atoms. The highest BCUT2D eigenvalue weighted by molar-refractivity contribution is 6.19. The molecule has 0 bridgehead atoms. The number of nitrogens with one attached hydrogen (secondary N) is 1. The predicted octanol–water partition coefficient (Wildman–Crippen LogP) is 2.84. The summed E-state index contributed by atoms with van der Waals surface area (Å²) in [6, 6.07) is -0.712. The van der Waals surface area contributed by atoms with Crippen molar-refractivity contribution in [2.24, 2.45) is 11.3 Å². The molecule has 1 aliphatic carbocycles. The second kappa shape index (κ2) is 6.16. The summed E-state index contributed by atoms with van der Waals surface area (Å²) in [7, 11) is 0. The topological polar surface area (TPSA) is 66.5 Å². The van der Waals surface area contributed by atoms with Crippen molar-refractivity contribution in [1.29, 1.82) is 0 Å². The number of hydrogen-bond acceptors (Lipinski definition) is 3. The number of nitrogens with zero attached hydrogens (tertiary/aromatic N) is 1. The van der Waals surface area contributed by atoms with E-state index in [1.54, 1.807) is 0 Å². The Bertz CT molecular complexity index is 441. The third kappa shape index (κ3) is 2.83. The molecule has 5 nitrogen and oxygen atoms in total. The number of hydrogen-bond donors (Lipinski definition) is 1. The molecule has 5 heteroatoms. The van der Waals surface area contributed by atoms with E-state index >= 15 is 0 Å². The third-order valence-electron chi connectivity index (χ3n) is 5.09. The summed E-state index contributed by atoms with van der Waals surface area (Å²) in [4.78, 5) is 38.6. The van der Waals surface area contributed by atoms with Gasteiger partial charge in [-0.2, -0.15) is 0 Å². The fourth-order valence-electron chi connectivity index (χ4n) is 3.55. The van der Waals surface area contributed by atoms with Gasteiger partial charge in [-0.1, -0.05) is 39.5 Å². The minimum atomic E-state index is -0.990. The first-order valence-electron chi connectivity index (χ1n) is 8.11. The van der Waals surface area contributed by atoms with Gasteiger partial charge in [-0.15, -0.1) is 0 Å². The van der Waals surface area contributed by atoms with E-state index in [0.717, 1.165) is 32.1 Å². The summed E-state index contributed by atoms with van der Waals surface area (Å²) in [6.45, 7) is 6.11. The van der Waals surface area contributed by atoms with Crippen molar-refractivity contribution in [2.75, 3.05) is 0 Å². The zero-order chi connectivity index (χ0) is 15.6. The highest BCUT2D eigenvalue weighted by atomic mass is 16.2. The van der Waals surface area contributed by atoms with Crippen LogP contribution in [0.5, 0.6) is 0 Å². The zero-order valence-corrected chi connectivity index (χ0v) is 13.3. The normalized spacial score (nSPS) is 24.9. The maximum atomic E-state index is 12.9. The Morgan fingerprint density at radius 2 is 1.76 bits per heavy atom.